The first-order chi connectivity index (χ1) is 13.7. The van der Waals surface area contributed by atoms with Gasteiger partial charge in [-0.25, -0.2) is 4.99 Å². The van der Waals surface area contributed by atoms with Crippen LogP contribution in [0.3, 0.4) is 0 Å². The average Bonchev–Trinajstić information content (AvgIpc) is 3.52. The molecule has 0 heterocycles. The van der Waals surface area contributed by atoms with Crippen LogP contribution < -0.4 is 15.4 Å². The molecule has 6 heteroatoms. The fourth-order valence-electron chi connectivity index (χ4n) is 2.71. The molecule has 1 aliphatic carbocycles. The fraction of sp³-hybridized carbons (Fsp3) is 0.682. The van der Waals surface area contributed by atoms with Gasteiger partial charge in [-0.1, -0.05) is 12.1 Å². The summed E-state index contributed by atoms with van der Waals surface area (Å²) in [5.74, 6) is 2.56. The van der Waals surface area contributed by atoms with Crippen molar-refractivity contribution in [1.29, 1.82) is 0 Å². The van der Waals surface area contributed by atoms with Gasteiger partial charge in [0.25, 0.3) is 0 Å². The Morgan fingerprint density at radius 2 is 2.00 bits per heavy atom. The lowest BCUT2D eigenvalue weighted by Gasteiger charge is -2.13. The van der Waals surface area contributed by atoms with Crippen LogP contribution in [0, 0.1) is 12.8 Å². The Bertz CT molecular complexity index is 588. The number of nitrogens with zero attached hydrogens (tertiary/aromatic N) is 1. The largest absolute Gasteiger partial charge is 0.493 e. The zero-order valence-corrected chi connectivity index (χ0v) is 17.8. The predicted octanol–water partition coefficient (Wildman–Crippen LogP) is 3.28. The van der Waals surface area contributed by atoms with Gasteiger partial charge in [0, 0.05) is 32.4 Å². The molecule has 1 aromatic carbocycles. The van der Waals surface area contributed by atoms with Gasteiger partial charge in [-0.15, -0.1) is 0 Å². The van der Waals surface area contributed by atoms with Crippen LogP contribution in [-0.4, -0.2) is 52.6 Å². The monoisotopic (exact) mass is 391 g/mol. The van der Waals surface area contributed by atoms with Crippen molar-refractivity contribution in [3.8, 4) is 5.75 Å². The molecule has 0 saturated heterocycles. The lowest BCUT2D eigenvalue weighted by atomic mass is 10.1. The molecule has 0 spiro atoms. The zero-order valence-electron chi connectivity index (χ0n) is 17.8. The van der Waals surface area contributed by atoms with Crippen LogP contribution in [0.2, 0.25) is 0 Å². The molecule has 0 atom stereocenters. The number of rotatable bonds is 14. The van der Waals surface area contributed by atoms with Crippen molar-refractivity contribution in [3.05, 3.63) is 29.3 Å². The van der Waals surface area contributed by atoms with Gasteiger partial charge in [-0.3, -0.25) is 0 Å². The summed E-state index contributed by atoms with van der Waals surface area (Å²) in [6, 6.07) is 6.37. The van der Waals surface area contributed by atoms with Crippen molar-refractivity contribution < 1.29 is 14.2 Å². The summed E-state index contributed by atoms with van der Waals surface area (Å²) >= 11 is 0. The predicted molar refractivity (Wildman–Crippen MR) is 114 cm³/mol. The van der Waals surface area contributed by atoms with Gasteiger partial charge >= 0.3 is 0 Å². The summed E-state index contributed by atoms with van der Waals surface area (Å²) in [6.07, 6.45) is 4.65. The number of unbranched alkanes of at least 4 members (excludes halogenated alkanes) is 1. The zero-order chi connectivity index (χ0) is 20.0. The second-order valence-corrected chi connectivity index (χ2v) is 7.30. The van der Waals surface area contributed by atoms with Crippen LogP contribution in [0.15, 0.2) is 23.2 Å². The molecule has 158 valence electrons. The molecule has 0 unspecified atom stereocenters. The molecule has 28 heavy (non-hydrogen) atoms. The number of aliphatic imine (C=N–C) groups is 1. The van der Waals surface area contributed by atoms with E-state index in [1.54, 1.807) is 7.11 Å². The maximum Gasteiger partial charge on any atom is 0.191 e. The molecule has 2 N–H and O–H groups in total. The first-order valence-corrected chi connectivity index (χ1v) is 10.5. The lowest BCUT2D eigenvalue weighted by molar-refractivity contribution is 0.0689. The van der Waals surface area contributed by atoms with Crippen molar-refractivity contribution in [1.82, 2.24) is 10.6 Å². The highest BCUT2D eigenvalue weighted by Gasteiger charge is 2.22. The molecular formula is C22H37N3O3. The smallest absolute Gasteiger partial charge is 0.191 e. The summed E-state index contributed by atoms with van der Waals surface area (Å²) in [4.78, 5) is 4.74. The van der Waals surface area contributed by atoms with E-state index in [1.165, 1.54) is 18.4 Å². The van der Waals surface area contributed by atoms with E-state index in [9.17, 15) is 0 Å². The number of aryl methyl sites for hydroxylation is 1. The van der Waals surface area contributed by atoms with E-state index >= 15 is 0 Å². The number of ether oxygens (including phenoxy) is 3. The Morgan fingerprint density at radius 3 is 2.75 bits per heavy atom. The van der Waals surface area contributed by atoms with Crippen molar-refractivity contribution >= 4 is 5.96 Å². The van der Waals surface area contributed by atoms with Gasteiger partial charge < -0.3 is 24.8 Å². The van der Waals surface area contributed by atoms with Crippen LogP contribution in [0.25, 0.3) is 0 Å². The molecule has 1 fully saturated rings. The van der Waals surface area contributed by atoms with Crippen molar-refractivity contribution in [2.75, 3.05) is 46.6 Å². The minimum atomic E-state index is 0.607. The molecular weight excluding hydrogens is 354 g/mol. The van der Waals surface area contributed by atoms with E-state index in [0.717, 1.165) is 62.3 Å². The summed E-state index contributed by atoms with van der Waals surface area (Å²) in [5.41, 5.74) is 2.35. The molecule has 0 bridgehead atoms. The summed E-state index contributed by atoms with van der Waals surface area (Å²) in [5, 5.41) is 6.71. The fourth-order valence-corrected chi connectivity index (χ4v) is 2.71. The molecule has 6 nitrogen and oxygen atoms in total. The highest BCUT2D eigenvalue weighted by atomic mass is 16.5. The topological polar surface area (TPSA) is 64.1 Å². The third-order valence-electron chi connectivity index (χ3n) is 4.59. The van der Waals surface area contributed by atoms with Gasteiger partial charge in [-0.2, -0.15) is 0 Å². The van der Waals surface area contributed by atoms with E-state index in [1.807, 2.05) is 0 Å². The SMILES string of the molecule is CCNC(=NCc1ccc(C)cc1OCC1CC1)NCCCCOCCOC. The van der Waals surface area contributed by atoms with Gasteiger partial charge in [0.05, 0.1) is 26.4 Å². The maximum absolute atomic E-state index is 6.05. The van der Waals surface area contributed by atoms with Crippen molar-refractivity contribution in [2.24, 2.45) is 10.9 Å². The number of hydrogen-bond donors (Lipinski definition) is 2. The Hall–Kier alpha value is -1.79. The van der Waals surface area contributed by atoms with Crippen LogP contribution in [0.5, 0.6) is 5.75 Å². The standard InChI is InChI=1S/C22H37N3O3/c1-4-23-22(24-11-5-6-12-27-14-13-26-3)25-16-20-10-7-18(2)15-21(20)28-17-19-8-9-19/h7,10,15,19H,4-6,8-9,11-14,16-17H2,1-3H3,(H2,23,24,25). The number of nitrogens with one attached hydrogen (secondary N) is 2. The summed E-state index contributed by atoms with van der Waals surface area (Å²) in [6.45, 7) is 9.41. The first-order valence-electron chi connectivity index (χ1n) is 10.5. The quantitative estimate of drug-likeness (QED) is 0.289. The van der Waals surface area contributed by atoms with E-state index < -0.39 is 0 Å². The van der Waals surface area contributed by atoms with E-state index in [4.69, 9.17) is 19.2 Å². The minimum Gasteiger partial charge on any atom is -0.493 e. The number of guanidine groups is 1. The summed E-state index contributed by atoms with van der Waals surface area (Å²) < 4.78 is 16.5. The van der Waals surface area contributed by atoms with E-state index in [2.05, 4.69) is 42.7 Å². The van der Waals surface area contributed by atoms with Gasteiger partial charge in [0.2, 0.25) is 0 Å². The molecule has 0 amide bonds. The lowest BCUT2D eigenvalue weighted by Crippen LogP contribution is -2.37. The molecule has 1 saturated carbocycles. The minimum absolute atomic E-state index is 0.607. The van der Waals surface area contributed by atoms with Crippen LogP contribution in [-0.2, 0) is 16.0 Å². The molecule has 1 aromatic rings. The van der Waals surface area contributed by atoms with Crippen molar-refractivity contribution in [3.63, 3.8) is 0 Å². The Balaban J connectivity index is 1.77. The van der Waals surface area contributed by atoms with Gasteiger partial charge in [-0.05, 0) is 57.1 Å². The first kappa shape index (κ1) is 22.5. The number of hydrogen-bond acceptors (Lipinski definition) is 4. The maximum atomic E-state index is 6.05. The number of methoxy groups -OCH3 is 1. The molecule has 0 radical (unpaired) electrons. The molecule has 0 aromatic heterocycles. The van der Waals surface area contributed by atoms with E-state index in [0.29, 0.717) is 19.8 Å². The van der Waals surface area contributed by atoms with Crippen LogP contribution >= 0.6 is 0 Å². The number of benzene rings is 1. The second kappa shape index (κ2) is 13.4. The highest BCUT2D eigenvalue weighted by Crippen LogP contribution is 2.30. The third kappa shape index (κ3) is 9.42. The van der Waals surface area contributed by atoms with Gasteiger partial charge in [0.1, 0.15) is 5.75 Å². The Labute approximate surface area is 170 Å². The molecule has 1 aliphatic rings. The normalized spacial score (nSPS) is 14.2. The van der Waals surface area contributed by atoms with Crippen LogP contribution in [0.1, 0.15) is 43.7 Å². The summed E-state index contributed by atoms with van der Waals surface area (Å²) in [7, 11) is 1.69. The molecule has 2 rings (SSSR count). The second-order valence-electron chi connectivity index (χ2n) is 7.30. The van der Waals surface area contributed by atoms with E-state index in [-0.39, 0.29) is 0 Å². The highest BCUT2D eigenvalue weighted by molar-refractivity contribution is 5.79. The Morgan fingerprint density at radius 1 is 1.14 bits per heavy atom. The third-order valence-corrected chi connectivity index (χ3v) is 4.59. The van der Waals surface area contributed by atoms with Crippen molar-refractivity contribution in [2.45, 2.75) is 46.1 Å². The molecule has 0 aliphatic heterocycles. The average molecular weight is 392 g/mol. The van der Waals surface area contributed by atoms with Gasteiger partial charge in [0.15, 0.2) is 5.96 Å². The Kier molecular flexibility index (Phi) is 10.8. The van der Waals surface area contributed by atoms with Crippen LogP contribution in [0.4, 0.5) is 0 Å².